The summed E-state index contributed by atoms with van der Waals surface area (Å²) in [6.07, 6.45) is 4.78. The zero-order chi connectivity index (χ0) is 7.98. The summed E-state index contributed by atoms with van der Waals surface area (Å²) in [5, 5.41) is 0. The van der Waals surface area contributed by atoms with Gasteiger partial charge in [-0.15, -0.1) is 0 Å². The van der Waals surface area contributed by atoms with E-state index in [9.17, 15) is 0 Å². The van der Waals surface area contributed by atoms with Gasteiger partial charge in [-0.2, -0.15) is 12.6 Å². The minimum Gasteiger partial charge on any atom is -0.327 e. The average Bonchev–Trinajstić information content (AvgIpc) is 1.88. The molecule has 0 saturated carbocycles. The maximum atomic E-state index is 5.63. The second-order valence-electron chi connectivity index (χ2n) is 2.31. The molecule has 0 spiro atoms. The number of rotatable bonds is 4. The van der Waals surface area contributed by atoms with E-state index >= 15 is 0 Å². The van der Waals surface area contributed by atoms with Gasteiger partial charge in [0, 0.05) is 11.8 Å². The lowest BCUT2D eigenvalue weighted by Crippen LogP contribution is -2.21. The molecular formula is C8H15NS. The van der Waals surface area contributed by atoms with Gasteiger partial charge in [0.2, 0.25) is 0 Å². The first-order valence-corrected chi connectivity index (χ1v) is 4.00. The van der Waals surface area contributed by atoms with Crippen LogP contribution in [0, 0.1) is 0 Å². The molecule has 1 nitrogen and oxygen atoms in total. The van der Waals surface area contributed by atoms with Crippen LogP contribution < -0.4 is 5.73 Å². The van der Waals surface area contributed by atoms with Gasteiger partial charge in [-0.1, -0.05) is 24.3 Å². The highest BCUT2D eigenvalue weighted by molar-refractivity contribution is 7.80. The van der Waals surface area contributed by atoms with E-state index in [4.69, 9.17) is 5.73 Å². The summed E-state index contributed by atoms with van der Waals surface area (Å²) in [7, 11) is 0. The first-order valence-electron chi connectivity index (χ1n) is 3.37. The van der Waals surface area contributed by atoms with Gasteiger partial charge in [-0.25, -0.2) is 0 Å². The van der Waals surface area contributed by atoms with Crippen LogP contribution in [0.3, 0.4) is 0 Å². The van der Waals surface area contributed by atoms with Crippen molar-refractivity contribution in [3.8, 4) is 0 Å². The zero-order valence-corrected chi connectivity index (χ0v) is 7.27. The van der Waals surface area contributed by atoms with Crippen LogP contribution >= 0.6 is 12.6 Å². The Morgan fingerprint density at radius 3 is 2.80 bits per heavy atom. The van der Waals surface area contributed by atoms with E-state index in [0.717, 1.165) is 17.7 Å². The van der Waals surface area contributed by atoms with Crippen LogP contribution in [-0.4, -0.2) is 11.8 Å². The van der Waals surface area contributed by atoms with Crippen molar-refractivity contribution in [2.24, 2.45) is 5.73 Å². The molecule has 0 radical (unpaired) electrons. The van der Waals surface area contributed by atoms with Gasteiger partial charge in [0.1, 0.15) is 0 Å². The second kappa shape index (κ2) is 5.57. The molecule has 0 aromatic heterocycles. The fourth-order valence-electron chi connectivity index (χ4n) is 0.705. The summed E-state index contributed by atoms with van der Waals surface area (Å²) in [5.41, 5.74) is 6.71. The van der Waals surface area contributed by atoms with E-state index < -0.39 is 0 Å². The van der Waals surface area contributed by atoms with Crippen molar-refractivity contribution >= 4 is 12.6 Å². The van der Waals surface area contributed by atoms with E-state index in [1.54, 1.807) is 0 Å². The predicted octanol–water partition coefficient (Wildman–Crippen LogP) is 1.77. The second-order valence-corrected chi connectivity index (χ2v) is 2.67. The third-order valence-corrected chi connectivity index (χ3v) is 1.63. The molecule has 0 aromatic rings. The lowest BCUT2D eigenvalue weighted by molar-refractivity contribution is 0.755. The molecule has 0 heterocycles. The Balaban J connectivity index is 3.57. The Labute approximate surface area is 68.4 Å². The van der Waals surface area contributed by atoms with E-state index in [-0.39, 0.29) is 6.04 Å². The number of nitrogens with two attached hydrogens (primary N) is 1. The standard InChI is InChI=1S/C8H15NS/c1-3-4-7(2)5-8(9)6-10/h3-4,8,10H,2,5-6,9H2,1H3/b4-3-. The van der Waals surface area contributed by atoms with Crippen molar-refractivity contribution in [3.63, 3.8) is 0 Å². The Bertz CT molecular complexity index is 129. The number of allylic oxidation sites excluding steroid dienone is 2. The Morgan fingerprint density at radius 2 is 2.40 bits per heavy atom. The molecule has 1 unspecified atom stereocenters. The molecule has 0 aliphatic rings. The molecule has 0 fully saturated rings. The Morgan fingerprint density at radius 1 is 1.80 bits per heavy atom. The molecule has 0 rings (SSSR count). The Hall–Kier alpha value is -0.210. The number of thiol groups is 1. The molecule has 58 valence electrons. The van der Waals surface area contributed by atoms with E-state index in [2.05, 4.69) is 19.2 Å². The highest BCUT2D eigenvalue weighted by Crippen LogP contribution is 2.03. The van der Waals surface area contributed by atoms with E-state index in [1.165, 1.54) is 0 Å². The van der Waals surface area contributed by atoms with Crippen molar-refractivity contribution in [2.45, 2.75) is 19.4 Å². The lowest BCUT2D eigenvalue weighted by Gasteiger charge is -2.06. The highest BCUT2D eigenvalue weighted by atomic mass is 32.1. The average molecular weight is 157 g/mol. The predicted molar refractivity (Wildman–Crippen MR) is 50.4 cm³/mol. The minimum atomic E-state index is 0.145. The van der Waals surface area contributed by atoms with Crippen LogP contribution in [-0.2, 0) is 0 Å². The van der Waals surface area contributed by atoms with Crippen LogP contribution in [0.4, 0.5) is 0 Å². The lowest BCUT2D eigenvalue weighted by atomic mass is 10.1. The third kappa shape index (κ3) is 4.65. The quantitative estimate of drug-likeness (QED) is 0.472. The summed E-state index contributed by atoms with van der Waals surface area (Å²) in [5.74, 6) is 0.719. The molecule has 2 heteroatoms. The van der Waals surface area contributed by atoms with Crippen LogP contribution in [0.5, 0.6) is 0 Å². The maximum Gasteiger partial charge on any atom is 0.0168 e. The summed E-state index contributed by atoms with van der Waals surface area (Å²) in [4.78, 5) is 0. The molecule has 0 amide bonds. The topological polar surface area (TPSA) is 26.0 Å². The molecule has 0 aromatic carbocycles. The number of hydrogen-bond acceptors (Lipinski definition) is 2. The van der Waals surface area contributed by atoms with Crippen molar-refractivity contribution in [1.82, 2.24) is 0 Å². The van der Waals surface area contributed by atoms with Gasteiger partial charge >= 0.3 is 0 Å². The fourth-order valence-corrected chi connectivity index (χ4v) is 0.834. The van der Waals surface area contributed by atoms with Crippen molar-refractivity contribution in [3.05, 3.63) is 24.3 Å². The van der Waals surface area contributed by atoms with Gasteiger partial charge in [0.05, 0.1) is 0 Å². The summed E-state index contributed by atoms with van der Waals surface area (Å²) < 4.78 is 0. The molecule has 0 aliphatic heterocycles. The summed E-state index contributed by atoms with van der Waals surface area (Å²) >= 11 is 4.07. The third-order valence-electron chi connectivity index (χ3n) is 1.16. The smallest absolute Gasteiger partial charge is 0.0168 e. The van der Waals surface area contributed by atoms with Crippen molar-refractivity contribution in [1.29, 1.82) is 0 Å². The summed E-state index contributed by atoms with van der Waals surface area (Å²) in [6, 6.07) is 0.145. The van der Waals surface area contributed by atoms with Crippen molar-refractivity contribution in [2.75, 3.05) is 5.75 Å². The highest BCUT2D eigenvalue weighted by Gasteiger charge is 1.98. The number of hydrogen-bond donors (Lipinski definition) is 2. The zero-order valence-electron chi connectivity index (χ0n) is 6.38. The summed E-state index contributed by atoms with van der Waals surface area (Å²) in [6.45, 7) is 5.80. The maximum absolute atomic E-state index is 5.63. The fraction of sp³-hybridized carbons (Fsp3) is 0.500. The molecule has 0 aliphatic carbocycles. The molecule has 0 saturated heterocycles. The largest absolute Gasteiger partial charge is 0.327 e. The van der Waals surface area contributed by atoms with Crippen LogP contribution in [0.2, 0.25) is 0 Å². The molecule has 10 heavy (non-hydrogen) atoms. The molecular weight excluding hydrogens is 142 g/mol. The van der Waals surface area contributed by atoms with Gasteiger partial charge in [0.25, 0.3) is 0 Å². The monoisotopic (exact) mass is 157 g/mol. The molecule has 1 atom stereocenters. The van der Waals surface area contributed by atoms with Crippen LogP contribution in [0.1, 0.15) is 13.3 Å². The van der Waals surface area contributed by atoms with E-state index in [0.29, 0.717) is 0 Å². The van der Waals surface area contributed by atoms with Gasteiger partial charge < -0.3 is 5.73 Å². The first-order chi connectivity index (χ1) is 4.70. The normalized spacial score (nSPS) is 13.9. The minimum absolute atomic E-state index is 0.145. The van der Waals surface area contributed by atoms with Gasteiger partial charge in [0.15, 0.2) is 0 Å². The Kier molecular flexibility index (Phi) is 5.45. The SMILES string of the molecule is C=C(/C=C\C)CC(N)CS. The van der Waals surface area contributed by atoms with Gasteiger partial charge in [-0.05, 0) is 13.3 Å². The van der Waals surface area contributed by atoms with Crippen molar-refractivity contribution < 1.29 is 0 Å². The van der Waals surface area contributed by atoms with Crippen LogP contribution in [0.15, 0.2) is 24.3 Å². The molecule has 2 N–H and O–H groups in total. The molecule has 0 bridgehead atoms. The van der Waals surface area contributed by atoms with Crippen LogP contribution in [0.25, 0.3) is 0 Å². The first kappa shape index (κ1) is 9.79. The van der Waals surface area contributed by atoms with E-state index in [1.807, 2.05) is 19.1 Å². The van der Waals surface area contributed by atoms with Gasteiger partial charge in [-0.3, -0.25) is 0 Å².